The molecule has 1 aromatic heterocycles. The maximum Gasteiger partial charge on any atom is 0.0534 e. The van der Waals surface area contributed by atoms with Gasteiger partial charge in [0.05, 0.1) is 6.20 Å². The number of hydrogen-bond acceptors (Lipinski definition) is 3. The second-order valence-corrected chi connectivity index (χ2v) is 5.02. The lowest BCUT2D eigenvalue weighted by Crippen LogP contribution is -2.39. The molecule has 1 aliphatic rings. The van der Waals surface area contributed by atoms with Crippen LogP contribution in [0.4, 0.5) is 0 Å². The van der Waals surface area contributed by atoms with Gasteiger partial charge < -0.3 is 10.2 Å². The van der Waals surface area contributed by atoms with Crippen molar-refractivity contribution in [3.8, 4) is 0 Å². The Morgan fingerprint density at radius 1 is 1.56 bits per heavy atom. The smallest absolute Gasteiger partial charge is 0.0534 e. The molecule has 90 valence electrons. The number of hydrogen-bond donors (Lipinski definition) is 1. The Kier molecular flexibility index (Phi) is 3.61. The summed E-state index contributed by atoms with van der Waals surface area (Å²) in [6.07, 6.45) is 6.79. The number of aromatic nitrogens is 2. The average molecular weight is 222 g/mol. The third-order valence-corrected chi connectivity index (χ3v) is 3.27. The summed E-state index contributed by atoms with van der Waals surface area (Å²) in [5.74, 6) is 0.913. The second-order valence-electron chi connectivity index (χ2n) is 5.02. The molecule has 0 aromatic carbocycles. The predicted molar refractivity (Wildman–Crippen MR) is 65.1 cm³/mol. The molecular weight excluding hydrogens is 200 g/mol. The zero-order chi connectivity index (χ0) is 11.5. The van der Waals surface area contributed by atoms with Crippen LogP contribution in [0.2, 0.25) is 0 Å². The van der Waals surface area contributed by atoms with E-state index < -0.39 is 0 Å². The van der Waals surface area contributed by atoms with Crippen molar-refractivity contribution in [1.29, 1.82) is 0 Å². The van der Waals surface area contributed by atoms with Crippen molar-refractivity contribution in [1.82, 2.24) is 20.0 Å². The van der Waals surface area contributed by atoms with Crippen molar-refractivity contribution in [2.75, 3.05) is 20.6 Å². The van der Waals surface area contributed by atoms with Crippen molar-refractivity contribution < 1.29 is 0 Å². The summed E-state index contributed by atoms with van der Waals surface area (Å²) in [7, 11) is 6.31. The van der Waals surface area contributed by atoms with Crippen LogP contribution in [0.25, 0.3) is 0 Å². The minimum atomic E-state index is 0.691. The highest BCUT2D eigenvalue weighted by Gasteiger charge is 2.31. The molecule has 1 fully saturated rings. The Balaban J connectivity index is 1.74. The second kappa shape index (κ2) is 4.97. The predicted octanol–water partition coefficient (Wildman–Crippen LogP) is 0.850. The van der Waals surface area contributed by atoms with E-state index in [9.17, 15) is 0 Å². The largest absolute Gasteiger partial charge is 0.311 e. The SMILES string of the molecule is CN(C)C(CNCc1cnn(C)c1)C1CC1. The molecule has 1 heterocycles. The third-order valence-electron chi connectivity index (χ3n) is 3.27. The van der Waals surface area contributed by atoms with E-state index in [-0.39, 0.29) is 0 Å². The molecule has 1 aliphatic carbocycles. The van der Waals surface area contributed by atoms with Gasteiger partial charge in [-0.15, -0.1) is 0 Å². The quantitative estimate of drug-likeness (QED) is 0.774. The zero-order valence-corrected chi connectivity index (χ0v) is 10.5. The van der Waals surface area contributed by atoms with Crippen molar-refractivity contribution in [3.63, 3.8) is 0 Å². The first-order chi connectivity index (χ1) is 7.66. The Morgan fingerprint density at radius 2 is 2.31 bits per heavy atom. The number of likely N-dealkylation sites (N-methyl/N-ethyl adjacent to an activating group) is 1. The van der Waals surface area contributed by atoms with E-state index in [1.807, 2.05) is 17.9 Å². The molecule has 1 aromatic rings. The van der Waals surface area contributed by atoms with Gasteiger partial charge in [0.2, 0.25) is 0 Å². The molecule has 0 amide bonds. The highest BCUT2D eigenvalue weighted by molar-refractivity contribution is 5.03. The van der Waals surface area contributed by atoms with Crippen LogP contribution in [-0.4, -0.2) is 41.4 Å². The van der Waals surface area contributed by atoms with Gasteiger partial charge >= 0.3 is 0 Å². The first kappa shape index (κ1) is 11.6. The molecule has 0 saturated heterocycles. The lowest BCUT2D eigenvalue weighted by molar-refractivity contribution is 0.255. The maximum atomic E-state index is 4.16. The van der Waals surface area contributed by atoms with E-state index >= 15 is 0 Å². The first-order valence-electron chi connectivity index (χ1n) is 6.01. The van der Waals surface area contributed by atoms with E-state index in [1.165, 1.54) is 18.4 Å². The van der Waals surface area contributed by atoms with Crippen LogP contribution in [0.5, 0.6) is 0 Å². The molecule has 1 unspecified atom stereocenters. The number of aryl methyl sites for hydroxylation is 1. The van der Waals surface area contributed by atoms with Crippen molar-refractivity contribution in [2.24, 2.45) is 13.0 Å². The molecule has 4 heteroatoms. The number of rotatable bonds is 6. The lowest BCUT2D eigenvalue weighted by atomic mass is 10.1. The van der Waals surface area contributed by atoms with Gasteiger partial charge in [0.15, 0.2) is 0 Å². The monoisotopic (exact) mass is 222 g/mol. The van der Waals surface area contributed by atoms with Gasteiger partial charge in [0.25, 0.3) is 0 Å². The van der Waals surface area contributed by atoms with Gasteiger partial charge in [-0.25, -0.2) is 0 Å². The minimum Gasteiger partial charge on any atom is -0.311 e. The average Bonchev–Trinajstić information content (AvgIpc) is 2.97. The maximum absolute atomic E-state index is 4.16. The summed E-state index contributed by atoms with van der Waals surface area (Å²) in [6.45, 7) is 2.00. The fourth-order valence-corrected chi connectivity index (χ4v) is 2.18. The van der Waals surface area contributed by atoms with Crippen LogP contribution in [0.15, 0.2) is 12.4 Å². The highest BCUT2D eigenvalue weighted by Crippen LogP contribution is 2.34. The molecule has 0 bridgehead atoms. The molecule has 16 heavy (non-hydrogen) atoms. The summed E-state index contributed by atoms with van der Waals surface area (Å²) >= 11 is 0. The summed E-state index contributed by atoms with van der Waals surface area (Å²) in [5, 5.41) is 7.69. The van der Waals surface area contributed by atoms with Gasteiger partial charge in [0.1, 0.15) is 0 Å². The van der Waals surface area contributed by atoms with Crippen LogP contribution >= 0.6 is 0 Å². The Labute approximate surface area is 97.6 Å². The summed E-state index contributed by atoms with van der Waals surface area (Å²) in [5.41, 5.74) is 1.26. The molecule has 2 rings (SSSR count). The van der Waals surface area contributed by atoms with E-state index in [4.69, 9.17) is 0 Å². The van der Waals surface area contributed by atoms with E-state index in [2.05, 4.69) is 35.6 Å². The Hall–Kier alpha value is -0.870. The van der Waals surface area contributed by atoms with Crippen molar-refractivity contribution in [3.05, 3.63) is 18.0 Å². The van der Waals surface area contributed by atoms with Crippen LogP contribution in [0.1, 0.15) is 18.4 Å². The minimum absolute atomic E-state index is 0.691. The van der Waals surface area contributed by atoms with Crippen LogP contribution in [0.3, 0.4) is 0 Å². The van der Waals surface area contributed by atoms with Crippen LogP contribution in [0, 0.1) is 5.92 Å². The standard InChI is InChI=1S/C12H22N4/c1-15(2)12(11-4-5-11)8-13-6-10-7-14-16(3)9-10/h7,9,11-13H,4-6,8H2,1-3H3. The summed E-state index contributed by atoms with van der Waals surface area (Å²) in [4.78, 5) is 2.34. The molecule has 1 saturated carbocycles. The molecular formula is C12H22N4. The molecule has 0 radical (unpaired) electrons. The van der Waals surface area contributed by atoms with E-state index in [0.29, 0.717) is 6.04 Å². The van der Waals surface area contributed by atoms with E-state index in [0.717, 1.165) is 19.0 Å². The Bertz CT molecular complexity index is 326. The zero-order valence-electron chi connectivity index (χ0n) is 10.5. The van der Waals surface area contributed by atoms with Crippen LogP contribution < -0.4 is 5.32 Å². The van der Waals surface area contributed by atoms with Crippen molar-refractivity contribution >= 4 is 0 Å². The number of nitrogens with one attached hydrogen (secondary N) is 1. The Morgan fingerprint density at radius 3 is 2.81 bits per heavy atom. The van der Waals surface area contributed by atoms with Gasteiger partial charge in [0, 0.05) is 37.9 Å². The van der Waals surface area contributed by atoms with E-state index in [1.54, 1.807) is 0 Å². The van der Waals surface area contributed by atoms with Gasteiger partial charge in [-0.2, -0.15) is 5.10 Å². The highest BCUT2D eigenvalue weighted by atomic mass is 15.2. The topological polar surface area (TPSA) is 33.1 Å². The summed E-state index contributed by atoms with van der Waals surface area (Å²) < 4.78 is 1.85. The van der Waals surface area contributed by atoms with Crippen LogP contribution in [-0.2, 0) is 13.6 Å². The number of nitrogens with zero attached hydrogens (tertiary/aromatic N) is 3. The van der Waals surface area contributed by atoms with Gasteiger partial charge in [-0.05, 0) is 32.9 Å². The molecule has 0 aliphatic heterocycles. The molecule has 1 N–H and O–H groups in total. The fourth-order valence-electron chi connectivity index (χ4n) is 2.18. The third kappa shape index (κ3) is 3.06. The first-order valence-corrected chi connectivity index (χ1v) is 6.01. The van der Waals surface area contributed by atoms with Gasteiger partial charge in [-0.3, -0.25) is 4.68 Å². The fraction of sp³-hybridized carbons (Fsp3) is 0.750. The molecule has 1 atom stereocenters. The van der Waals surface area contributed by atoms with Crippen molar-refractivity contribution in [2.45, 2.75) is 25.4 Å². The lowest BCUT2D eigenvalue weighted by Gasteiger charge is -2.24. The normalized spacial score (nSPS) is 18.0. The molecule has 0 spiro atoms. The van der Waals surface area contributed by atoms with Gasteiger partial charge in [-0.1, -0.05) is 0 Å². The summed E-state index contributed by atoms with van der Waals surface area (Å²) in [6, 6.07) is 0.691. The molecule has 4 nitrogen and oxygen atoms in total.